The van der Waals surface area contributed by atoms with Crippen molar-refractivity contribution in [3.8, 4) is 0 Å². The van der Waals surface area contributed by atoms with Crippen LogP contribution in [0.25, 0.3) is 0 Å². The van der Waals surface area contributed by atoms with E-state index in [9.17, 15) is 17.6 Å². The van der Waals surface area contributed by atoms with Crippen molar-refractivity contribution in [3.63, 3.8) is 0 Å². The second-order valence-corrected chi connectivity index (χ2v) is 7.63. The van der Waals surface area contributed by atoms with Crippen molar-refractivity contribution in [2.45, 2.75) is 43.0 Å². The molecular weight excluding hydrogens is 293 g/mol. The molecule has 0 bridgehead atoms. The molecule has 3 rings (SSSR count). The predicted octanol–water partition coefficient (Wildman–Crippen LogP) is 2.35. The predicted molar refractivity (Wildman–Crippen MR) is 75.7 cm³/mol. The minimum Gasteiger partial charge on any atom is -0.299 e. The number of nitrogens with zero attached hydrogens (tertiary/aromatic N) is 1. The van der Waals surface area contributed by atoms with Crippen molar-refractivity contribution in [2.24, 2.45) is 5.92 Å². The molecule has 1 heterocycles. The molecule has 1 aliphatic carbocycles. The highest BCUT2D eigenvalue weighted by Gasteiger charge is 2.43. The van der Waals surface area contributed by atoms with Crippen LogP contribution in [-0.2, 0) is 14.8 Å². The summed E-state index contributed by atoms with van der Waals surface area (Å²) in [4.78, 5) is 12.0. The number of carbonyl (C=O) groups is 1. The van der Waals surface area contributed by atoms with Gasteiger partial charge in [0.25, 0.3) is 0 Å². The van der Waals surface area contributed by atoms with Gasteiger partial charge in [-0.2, -0.15) is 4.31 Å². The molecule has 0 radical (unpaired) electrons. The van der Waals surface area contributed by atoms with Crippen LogP contribution in [-0.4, -0.2) is 31.1 Å². The fourth-order valence-corrected chi connectivity index (χ4v) is 5.19. The van der Waals surface area contributed by atoms with Crippen molar-refractivity contribution in [3.05, 3.63) is 30.1 Å². The van der Waals surface area contributed by atoms with Gasteiger partial charge in [-0.15, -0.1) is 0 Å². The van der Waals surface area contributed by atoms with Crippen LogP contribution in [0.3, 0.4) is 0 Å². The van der Waals surface area contributed by atoms with E-state index < -0.39 is 15.8 Å². The summed E-state index contributed by atoms with van der Waals surface area (Å²) in [7, 11) is -3.65. The molecule has 2 unspecified atom stereocenters. The molecule has 0 aromatic heterocycles. The first-order valence-corrected chi connectivity index (χ1v) is 8.74. The standard InChI is InChI=1S/C15H18FNO3S/c16-11-6-8-12(9-7-11)21(19,20)17-10-2-4-14(17)13-3-1-5-15(13)18/h6-9,13-14H,1-5,10H2. The van der Waals surface area contributed by atoms with E-state index >= 15 is 0 Å². The van der Waals surface area contributed by atoms with Gasteiger partial charge in [0, 0.05) is 24.9 Å². The van der Waals surface area contributed by atoms with Crippen LogP contribution in [0.1, 0.15) is 32.1 Å². The maximum absolute atomic E-state index is 13.0. The third kappa shape index (κ3) is 2.62. The van der Waals surface area contributed by atoms with Crippen LogP contribution < -0.4 is 0 Å². The lowest BCUT2D eigenvalue weighted by Crippen LogP contribution is -2.41. The Balaban J connectivity index is 1.90. The Morgan fingerprint density at radius 1 is 1.10 bits per heavy atom. The van der Waals surface area contributed by atoms with Crippen LogP contribution in [0.5, 0.6) is 0 Å². The van der Waals surface area contributed by atoms with E-state index in [0.717, 1.165) is 37.8 Å². The molecule has 0 N–H and O–H groups in total. The number of ketones is 1. The maximum Gasteiger partial charge on any atom is 0.243 e. The molecule has 6 heteroatoms. The van der Waals surface area contributed by atoms with Crippen LogP contribution in [0.4, 0.5) is 4.39 Å². The topological polar surface area (TPSA) is 54.5 Å². The molecule has 2 atom stereocenters. The molecule has 2 fully saturated rings. The number of benzene rings is 1. The van der Waals surface area contributed by atoms with Gasteiger partial charge in [0.1, 0.15) is 11.6 Å². The summed E-state index contributed by atoms with van der Waals surface area (Å²) in [5, 5.41) is 0. The van der Waals surface area contributed by atoms with Crippen LogP contribution in [0, 0.1) is 11.7 Å². The number of Topliss-reactive ketones (excluding diaryl/α,β-unsaturated/α-hetero) is 1. The molecule has 114 valence electrons. The largest absolute Gasteiger partial charge is 0.299 e. The van der Waals surface area contributed by atoms with Crippen molar-refractivity contribution < 1.29 is 17.6 Å². The highest BCUT2D eigenvalue weighted by Crippen LogP contribution is 2.36. The van der Waals surface area contributed by atoms with E-state index in [0.29, 0.717) is 13.0 Å². The average Bonchev–Trinajstić information content (AvgIpc) is 3.07. The molecule has 0 spiro atoms. The smallest absolute Gasteiger partial charge is 0.243 e. The lowest BCUT2D eigenvalue weighted by Gasteiger charge is -2.27. The van der Waals surface area contributed by atoms with Gasteiger partial charge < -0.3 is 0 Å². The zero-order chi connectivity index (χ0) is 15.0. The maximum atomic E-state index is 13.0. The van der Waals surface area contributed by atoms with E-state index in [1.807, 2.05) is 0 Å². The molecule has 1 aliphatic heterocycles. The minimum absolute atomic E-state index is 0.0984. The first-order valence-electron chi connectivity index (χ1n) is 7.30. The Bertz CT molecular complexity index is 641. The zero-order valence-electron chi connectivity index (χ0n) is 11.7. The number of hydrogen-bond acceptors (Lipinski definition) is 3. The summed E-state index contributed by atoms with van der Waals surface area (Å²) in [6.07, 6.45) is 3.70. The Morgan fingerprint density at radius 3 is 2.43 bits per heavy atom. The molecule has 1 aromatic rings. The third-order valence-electron chi connectivity index (χ3n) is 4.48. The van der Waals surface area contributed by atoms with E-state index in [1.54, 1.807) is 0 Å². The van der Waals surface area contributed by atoms with Crippen LogP contribution in [0.15, 0.2) is 29.2 Å². The van der Waals surface area contributed by atoms with Crippen LogP contribution in [0.2, 0.25) is 0 Å². The van der Waals surface area contributed by atoms with Gasteiger partial charge in [0.15, 0.2) is 0 Å². The second-order valence-electron chi connectivity index (χ2n) is 5.74. The summed E-state index contributed by atoms with van der Waals surface area (Å²) in [5.74, 6) is -0.443. The molecule has 21 heavy (non-hydrogen) atoms. The third-order valence-corrected chi connectivity index (χ3v) is 6.42. The summed E-state index contributed by atoms with van der Waals surface area (Å²) in [5.41, 5.74) is 0. The molecule has 0 amide bonds. The lowest BCUT2D eigenvalue weighted by atomic mass is 9.96. The van der Waals surface area contributed by atoms with E-state index in [-0.39, 0.29) is 22.6 Å². The summed E-state index contributed by atoms with van der Waals surface area (Å²) in [6, 6.07) is 4.65. The molecular formula is C15H18FNO3S. The van der Waals surface area contributed by atoms with Gasteiger partial charge in [0.2, 0.25) is 10.0 Å². The van der Waals surface area contributed by atoms with Gasteiger partial charge in [-0.1, -0.05) is 0 Å². The van der Waals surface area contributed by atoms with Gasteiger partial charge in [-0.25, -0.2) is 12.8 Å². The van der Waals surface area contributed by atoms with E-state index in [1.165, 1.54) is 16.4 Å². The minimum atomic E-state index is -3.65. The first-order chi connectivity index (χ1) is 10.00. The normalized spacial score (nSPS) is 27.4. The monoisotopic (exact) mass is 311 g/mol. The first kappa shape index (κ1) is 14.7. The zero-order valence-corrected chi connectivity index (χ0v) is 12.5. The fourth-order valence-electron chi connectivity index (χ4n) is 3.46. The summed E-state index contributed by atoms with van der Waals surface area (Å²) >= 11 is 0. The Hall–Kier alpha value is -1.27. The molecule has 2 aliphatic rings. The number of rotatable bonds is 3. The Labute approximate surface area is 124 Å². The van der Waals surface area contributed by atoms with Gasteiger partial charge in [-0.05, 0) is 49.9 Å². The molecule has 1 saturated carbocycles. The summed E-state index contributed by atoms with van der Waals surface area (Å²) < 4.78 is 39.8. The van der Waals surface area contributed by atoms with Gasteiger partial charge in [-0.3, -0.25) is 4.79 Å². The van der Waals surface area contributed by atoms with Crippen molar-refractivity contribution >= 4 is 15.8 Å². The van der Waals surface area contributed by atoms with Crippen molar-refractivity contribution in [1.29, 1.82) is 0 Å². The van der Waals surface area contributed by atoms with Gasteiger partial charge in [0.05, 0.1) is 4.90 Å². The lowest BCUT2D eigenvalue weighted by molar-refractivity contribution is -0.121. The Morgan fingerprint density at radius 2 is 1.81 bits per heavy atom. The average molecular weight is 311 g/mol. The fraction of sp³-hybridized carbons (Fsp3) is 0.533. The molecule has 4 nitrogen and oxygen atoms in total. The number of halogens is 1. The Kier molecular flexibility index (Phi) is 3.84. The molecule has 1 aromatic carbocycles. The van der Waals surface area contributed by atoms with Crippen molar-refractivity contribution in [1.82, 2.24) is 4.31 Å². The number of carbonyl (C=O) groups excluding carboxylic acids is 1. The van der Waals surface area contributed by atoms with Crippen molar-refractivity contribution in [2.75, 3.05) is 6.54 Å². The van der Waals surface area contributed by atoms with E-state index in [2.05, 4.69) is 0 Å². The van der Waals surface area contributed by atoms with Gasteiger partial charge >= 0.3 is 0 Å². The highest BCUT2D eigenvalue weighted by atomic mass is 32.2. The highest BCUT2D eigenvalue weighted by molar-refractivity contribution is 7.89. The quantitative estimate of drug-likeness (QED) is 0.861. The summed E-state index contributed by atoms with van der Waals surface area (Å²) in [6.45, 7) is 0.439. The number of sulfonamides is 1. The SMILES string of the molecule is O=C1CCCC1C1CCCN1S(=O)(=O)c1ccc(F)cc1. The van der Waals surface area contributed by atoms with Crippen LogP contribution >= 0.6 is 0 Å². The second kappa shape index (κ2) is 5.50. The molecule has 1 saturated heterocycles. The number of hydrogen-bond donors (Lipinski definition) is 0. The van der Waals surface area contributed by atoms with E-state index in [4.69, 9.17) is 0 Å².